The highest BCUT2D eigenvalue weighted by molar-refractivity contribution is 9.10. The van der Waals surface area contributed by atoms with E-state index in [1.807, 2.05) is 0 Å². The lowest BCUT2D eigenvalue weighted by Crippen LogP contribution is -2.46. The van der Waals surface area contributed by atoms with Gasteiger partial charge in [-0.05, 0) is 47.0 Å². The first-order chi connectivity index (χ1) is 9.08. The number of halogens is 1. The molecular formula is C14H19BrN2O2. The Hall–Kier alpha value is -1.07. The Kier molecular flexibility index (Phi) is 4.82. The number of carbonyl (C=O) groups excluding carboxylic acids is 1. The Labute approximate surface area is 121 Å². The van der Waals surface area contributed by atoms with Crippen molar-refractivity contribution < 1.29 is 9.90 Å². The second-order valence-electron chi connectivity index (χ2n) is 5.05. The predicted octanol–water partition coefficient (Wildman–Crippen LogP) is 2.54. The van der Waals surface area contributed by atoms with E-state index in [-0.39, 0.29) is 23.7 Å². The topological polar surface area (TPSA) is 75.3 Å². The second-order valence-corrected chi connectivity index (χ2v) is 5.90. The first kappa shape index (κ1) is 14.3. The molecule has 1 aliphatic rings. The third kappa shape index (κ3) is 3.70. The van der Waals surface area contributed by atoms with Crippen LogP contribution in [0.1, 0.15) is 42.5 Å². The molecule has 1 aromatic rings. The van der Waals surface area contributed by atoms with Gasteiger partial charge in [-0.3, -0.25) is 4.79 Å². The van der Waals surface area contributed by atoms with Gasteiger partial charge in [0.2, 0.25) is 0 Å². The van der Waals surface area contributed by atoms with Crippen LogP contribution in [0.2, 0.25) is 0 Å². The van der Waals surface area contributed by atoms with Crippen molar-refractivity contribution in [2.75, 3.05) is 0 Å². The molecule has 2 atom stereocenters. The Morgan fingerprint density at radius 2 is 2.05 bits per heavy atom. The Bertz CT molecular complexity index is 465. The fourth-order valence-electron chi connectivity index (χ4n) is 2.42. The number of aromatic hydroxyl groups is 1. The summed E-state index contributed by atoms with van der Waals surface area (Å²) in [6, 6.07) is 4.86. The van der Waals surface area contributed by atoms with Gasteiger partial charge >= 0.3 is 0 Å². The van der Waals surface area contributed by atoms with Gasteiger partial charge in [0.25, 0.3) is 5.91 Å². The highest BCUT2D eigenvalue weighted by Crippen LogP contribution is 2.24. The summed E-state index contributed by atoms with van der Waals surface area (Å²) >= 11 is 3.20. The van der Waals surface area contributed by atoms with Crippen molar-refractivity contribution in [3.63, 3.8) is 0 Å². The molecule has 2 unspecified atom stereocenters. The van der Waals surface area contributed by atoms with Gasteiger partial charge in [-0.1, -0.05) is 19.3 Å². The van der Waals surface area contributed by atoms with Crippen molar-refractivity contribution in [2.24, 2.45) is 5.73 Å². The molecule has 0 saturated heterocycles. The zero-order valence-electron chi connectivity index (χ0n) is 10.7. The molecule has 4 nitrogen and oxygen atoms in total. The molecular weight excluding hydrogens is 308 g/mol. The van der Waals surface area contributed by atoms with Gasteiger partial charge in [0, 0.05) is 17.6 Å². The van der Waals surface area contributed by atoms with Crippen LogP contribution in [0.3, 0.4) is 0 Å². The van der Waals surface area contributed by atoms with Gasteiger partial charge in [0.15, 0.2) is 0 Å². The van der Waals surface area contributed by atoms with E-state index in [9.17, 15) is 9.90 Å². The molecule has 1 amide bonds. The molecule has 0 bridgehead atoms. The van der Waals surface area contributed by atoms with Crippen molar-refractivity contribution in [1.82, 2.24) is 5.32 Å². The smallest absolute Gasteiger partial charge is 0.251 e. The highest BCUT2D eigenvalue weighted by atomic mass is 79.9. The minimum Gasteiger partial charge on any atom is -0.507 e. The van der Waals surface area contributed by atoms with Gasteiger partial charge in [0.05, 0.1) is 4.47 Å². The van der Waals surface area contributed by atoms with Gasteiger partial charge in [-0.15, -0.1) is 0 Å². The maximum absolute atomic E-state index is 12.1. The van der Waals surface area contributed by atoms with E-state index in [0.717, 1.165) is 25.7 Å². The number of nitrogens with two attached hydrogens (primary N) is 1. The number of amides is 1. The summed E-state index contributed by atoms with van der Waals surface area (Å²) in [6.07, 6.45) is 5.29. The van der Waals surface area contributed by atoms with Crippen LogP contribution >= 0.6 is 15.9 Å². The largest absolute Gasteiger partial charge is 0.507 e. The number of phenols is 1. The normalized spacial score (nSPS) is 23.7. The van der Waals surface area contributed by atoms with Crippen LogP contribution in [0.4, 0.5) is 0 Å². The fourth-order valence-corrected chi connectivity index (χ4v) is 2.67. The average molecular weight is 327 g/mol. The molecule has 0 spiro atoms. The molecule has 19 heavy (non-hydrogen) atoms. The van der Waals surface area contributed by atoms with Crippen LogP contribution in [0.15, 0.2) is 22.7 Å². The van der Waals surface area contributed by atoms with Crippen LogP contribution in [0.5, 0.6) is 5.75 Å². The van der Waals surface area contributed by atoms with Crippen LogP contribution in [0, 0.1) is 0 Å². The maximum Gasteiger partial charge on any atom is 0.251 e. The van der Waals surface area contributed by atoms with Crippen LogP contribution in [0.25, 0.3) is 0 Å². The zero-order valence-corrected chi connectivity index (χ0v) is 12.3. The van der Waals surface area contributed by atoms with E-state index < -0.39 is 0 Å². The van der Waals surface area contributed by atoms with Crippen LogP contribution < -0.4 is 11.1 Å². The van der Waals surface area contributed by atoms with Crippen molar-refractivity contribution in [2.45, 2.75) is 44.2 Å². The van der Waals surface area contributed by atoms with E-state index in [2.05, 4.69) is 21.2 Å². The molecule has 2 rings (SSSR count). The van der Waals surface area contributed by atoms with Crippen molar-refractivity contribution in [1.29, 1.82) is 0 Å². The first-order valence-electron chi connectivity index (χ1n) is 6.63. The summed E-state index contributed by atoms with van der Waals surface area (Å²) in [6.45, 7) is 0. The van der Waals surface area contributed by atoms with Crippen LogP contribution in [-0.2, 0) is 0 Å². The number of hydrogen-bond acceptors (Lipinski definition) is 3. The minimum atomic E-state index is -0.176. The average Bonchev–Trinajstić information content (AvgIpc) is 2.58. The molecule has 1 aromatic carbocycles. The monoisotopic (exact) mass is 326 g/mol. The summed E-state index contributed by atoms with van der Waals surface area (Å²) in [4.78, 5) is 12.1. The Morgan fingerprint density at radius 3 is 2.79 bits per heavy atom. The Balaban J connectivity index is 2.05. The van der Waals surface area contributed by atoms with Gasteiger partial charge in [-0.2, -0.15) is 0 Å². The number of hydrogen-bond donors (Lipinski definition) is 3. The van der Waals surface area contributed by atoms with Crippen molar-refractivity contribution in [3.05, 3.63) is 28.2 Å². The molecule has 1 saturated carbocycles. The number of benzene rings is 1. The summed E-state index contributed by atoms with van der Waals surface area (Å²) in [7, 11) is 0. The zero-order chi connectivity index (χ0) is 13.8. The maximum atomic E-state index is 12.1. The lowest BCUT2D eigenvalue weighted by Gasteiger charge is -2.22. The molecule has 4 N–H and O–H groups in total. The number of nitrogens with one attached hydrogen (secondary N) is 1. The fraction of sp³-hybridized carbons (Fsp3) is 0.500. The summed E-state index contributed by atoms with van der Waals surface area (Å²) in [5.41, 5.74) is 6.54. The second kappa shape index (κ2) is 6.39. The summed E-state index contributed by atoms with van der Waals surface area (Å²) < 4.78 is 0.579. The van der Waals surface area contributed by atoms with Gasteiger partial charge < -0.3 is 16.2 Å². The molecule has 1 aliphatic carbocycles. The van der Waals surface area contributed by atoms with Crippen molar-refractivity contribution >= 4 is 21.8 Å². The number of carbonyl (C=O) groups is 1. The third-order valence-corrected chi connectivity index (χ3v) is 4.26. The lowest BCUT2D eigenvalue weighted by molar-refractivity contribution is 0.0928. The quantitative estimate of drug-likeness (QED) is 0.731. The molecule has 104 valence electrons. The number of rotatable bonds is 2. The van der Waals surface area contributed by atoms with E-state index in [4.69, 9.17) is 5.73 Å². The molecule has 0 aromatic heterocycles. The minimum absolute atomic E-state index is 0.0236. The van der Waals surface area contributed by atoms with E-state index in [1.165, 1.54) is 12.5 Å². The van der Waals surface area contributed by atoms with Crippen molar-refractivity contribution in [3.8, 4) is 5.75 Å². The van der Waals surface area contributed by atoms with E-state index in [0.29, 0.717) is 10.0 Å². The highest BCUT2D eigenvalue weighted by Gasteiger charge is 2.22. The SMILES string of the molecule is NC1CCCCCC1NC(=O)c1ccc(Br)c(O)c1. The third-order valence-electron chi connectivity index (χ3n) is 3.59. The summed E-state index contributed by atoms with van der Waals surface area (Å²) in [5.74, 6) is -0.108. The summed E-state index contributed by atoms with van der Waals surface area (Å²) in [5, 5.41) is 12.6. The molecule has 0 aliphatic heterocycles. The van der Waals surface area contributed by atoms with Crippen LogP contribution in [-0.4, -0.2) is 23.1 Å². The molecule has 0 heterocycles. The molecule has 5 heteroatoms. The van der Waals surface area contributed by atoms with Gasteiger partial charge in [-0.25, -0.2) is 0 Å². The Morgan fingerprint density at radius 1 is 1.32 bits per heavy atom. The van der Waals surface area contributed by atoms with E-state index in [1.54, 1.807) is 12.1 Å². The molecule has 0 radical (unpaired) electrons. The molecule has 1 fully saturated rings. The standard InChI is InChI=1S/C14H19BrN2O2/c15-10-7-6-9(8-13(10)18)14(19)17-12-5-3-1-2-4-11(12)16/h6-8,11-12,18H,1-5,16H2,(H,17,19). The predicted molar refractivity (Wildman–Crippen MR) is 78.1 cm³/mol. The first-order valence-corrected chi connectivity index (χ1v) is 7.42. The number of phenolic OH excluding ortho intramolecular Hbond substituents is 1. The lowest BCUT2D eigenvalue weighted by atomic mass is 10.0. The van der Waals surface area contributed by atoms with Gasteiger partial charge in [0.1, 0.15) is 5.75 Å². The van der Waals surface area contributed by atoms with E-state index >= 15 is 0 Å².